The van der Waals surface area contributed by atoms with Crippen molar-refractivity contribution in [3.8, 4) is 57.1 Å². The summed E-state index contributed by atoms with van der Waals surface area (Å²) in [6.45, 7) is -0.389. The highest BCUT2D eigenvalue weighted by Gasteiger charge is 2.38. The van der Waals surface area contributed by atoms with Crippen molar-refractivity contribution in [2.45, 2.75) is 0 Å². The normalized spacial score (nSPS) is 15.2. The molecule has 1 saturated heterocycles. The molecule has 15 heteroatoms. The third-order valence-electron chi connectivity index (χ3n) is 6.86. The van der Waals surface area contributed by atoms with Gasteiger partial charge in [0, 0.05) is 11.1 Å². The summed E-state index contributed by atoms with van der Waals surface area (Å²) in [4.78, 5) is 50.8. The van der Waals surface area contributed by atoms with Gasteiger partial charge in [-0.1, -0.05) is 6.07 Å². The Kier molecular flexibility index (Phi) is 7.76. The molecule has 3 aromatic rings. The molecule has 1 N–H and O–H groups in total. The lowest BCUT2D eigenvalue weighted by molar-refractivity contribution is -0.115. The molecule has 3 aliphatic heterocycles. The van der Waals surface area contributed by atoms with Gasteiger partial charge in [-0.15, -0.1) is 0 Å². The average Bonchev–Trinajstić information content (AvgIpc) is 3.80. The van der Waals surface area contributed by atoms with Crippen LogP contribution in [0, 0.1) is 0 Å². The molecule has 2 amide bonds. The van der Waals surface area contributed by atoms with E-state index in [1.165, 1.54) is 58.8 Å². The number of thioether (sulfide) groups is 1. The lowest BCUT2D eigenvalue weighted by atomic mass is 9.91. The number of hydrogen-bond acceptors (Lipinski definition) is 14. The van der Waals surface area contributed by atoms with Gasteiger partial charge in [0.1, 0.15) is 0 Å². The molecule has 3 aromatic carbocycles. The van der Waals surface area contributed by atoms with Gasteiger partial charge >= 0.3 is 11.9 Å². The number of ether oxygens (including phenoxy) is 9. The van der Waals surface area contributed by atoms with E-state index < -0.39 is 23.1 Å². The first-order valence-corrected chi connectivity index (χ1v) is 13.8. The van der Waals surface area contributed by atoms with Gasteiger partial charge in [0.2, 0.25) is 25.1 Å². The lowest BCUT2D eigenvalue weighted by Gasteiger charge is -2.19. The van der Waals surface area contributed by atoms with E-state index in [0.29, 0.717) is 5.56 Å². The summed E-state index contributed by atoms with van der Waals surface area (Å²) in [6.07, 6.45) is 1.50. The van der Waals surface area contributed by atoms with Gasteiger partial charge in [0.25, 0.3) is 11.1 Å². The number of benzene rings is 3. The molecule has 3 aliphatic rings. The molecule has 45 heavy (non-hydrogen) atoms. The SMILES string of the molecule is COC(=O)c1cc(OC)c2c(c1-c1c(C(=O)Oc3ccc(/C=C4\SC(=O)NC4=O)cc3OC)cc(OC)c3c1OCO3)OCO2. The quantitative estimate of drug-likeness (QED) is 0.213. The van der Waals surface area contributed by atoms with Crippen LogP contribution in [-0.2, 0) is 9.53 Å². The minimum Gasteiger partial charge on any atom is -0.493 e. The molecule has 0 radical (unpaired) electrons. The number of imide groups is 1. The predicted octanol–water partition coefficient (Wildman–Crippen LogP) is 4.17. The number of carbonyl (C=O) groups excluding carboxylic acids is 4. The zero-order valence-corrected chi connectivity index (χ0v) is 24.9. The average molecular weight is 638 g/mol. The van der Waals surface area contributed by atoms with E-state index in [-0.39, 0.29) is 86.7 Å². The number of methoxy groups -OCH3 is 4. The molecule has 3 heterocycles. The maximum Gasteiger partial charge on any atom is 0.344 e. The maximum absolute atomic E-state index is 14.0. The Bertz CT molecular complexity index is 1820. The van der Waals surface area contributed by atoms with Crippen molar-refractivity contribution >= 4 is 40.9 Å². The van der Waals surface area contributed by atoms with Crippen LogP contribution in [0.5, 0.6) is 46.0 Å². The minimum atomic E-state index is -0.887. The predicted molar refractivity (Wildman–Crippen MR) is 156 cm³/mol. The molecule has 0 aromatic heterocycles. The Balaban J connectivity index is 1.49. The van der Waals surface area contributed by atoms with Crippen LogP contribution in [-0.4, -0.2) is 65.1 Å². The van der Waals surface area contributed by atoms with Crippen molar-refractivity contribution < 1.29 is 61.8 Å². The molecule has 6 rings (SSSR count). The van der Waals surface area contributed by atoms with E-state index in [1.54, 1.807) is 6.07 Å². The molecular weight excluding hydrogens is 614 g/mol. The van der Waals surface area contributed by atoms with Crippen molar-refractivity contribution in [3.63, 3.8) is 0 Å². The zero-order valence-electron chi connectivity index (χ0n) is 24.1. The first kappa shape index (κ1) is 29.5. The second-order valence-corrected chi connectivity index (χ2v) is 10.3. The first-order chi connectivity index (χ1) is 21.8. The second-order valence-electron chi connectivity index (χ2n) is 9.28. The summed E-state index contributed by atoms with van der Waals surface area (Å²) in [6, 6.07) is 7.37. The van der Waals surface area contributed by atoms with Gasteiger partial charge in [-0.25, -0.2) is 9.59 Å². The van der Waals surface area contributed by atoms with Gasteiger partial charge in [-0.2, -0.15) is 0 Å². The van der Waals surface area contributed by atoms with Crippen molar-refractivity contribution in [2.24, 2.45) is 0 Å². The summed E-state index contributed by atoms with van der Waals surface area (Å²) in [5.41, 5.74) is 0.612. The molecule has 0 bridgehead atoms. The Labute approximate surface area is 259 Å². The topological polar surface area (TPSA) is 163 Å². The number of hydrogen-bond donors (Lipinski definition) is 1. The standard InChI is InChI=1S/C30H23NO13S/c1-36-17-7-13(8-20-27(32)31-30(35)45-20)5-6-16(17)44-29(34)15-10-19(38-3)24-26(43-12-41-24)22(15)21-14(28(33)39-4)9-18(37-2)23-25(21)42-11-40-23/h5-10H,11-12H2,1-4H3,(H,31,32,35)/b20-8-. The fourth-order valence-electron chi connectivity index (χ4n) is 4.89. The van der Waals surface area contributed by atoms with Crippen LogP contribution in [0.2, 0.25) is 0 Å². The number of fused-ring (bicyclic) bond motifs is 2. The van der Waals surface area contributed by atoms with Crippen LogP contribution >= 0.6 is 11.8 Å². The van der Waals surface area contributed by atoms with Gasteiger partial charge in [-0.05, 0) is 47.7 Å². The van der Waals surface area contributed by atoms with Crippen LogP contribution in [0.1, 0.15) is 26.3 Å². The van der Waals surface area contributed by atoms with Crippen molar-refractivity contribution in [2.75, 3.05) is 42.0 Å². The fraction of sp³-hybridized carbons (Fsp3) is 0.200. The fourth-order valence-corrected chi connectivity index (χ4v) is 5.58. The molecule has 0 aliphatic carbocycles. The third kappa shape index (κ3) is 5.16. The summed E-state index contributed by atoms with van der Waals surface area (Å²) in [5, 5.41) is 1.71. The van der Waals surface area contributed by atoms with E-state index in [0.717, 1.165) is 11.8 Å². The minimum absolute atomic E-state index is 0.0159. The third-order valence-corrected chi connectivity index (χ3v) is 7.67. The Morgan fingerprint density at radius 2 is 1.29 bits per heavy atom. The van der Waals surface area contributed by atoms with Crippen LogP contribution in [0.25, 0.3) is 17.2 Å². The molecule has 232 valence electrons. The summed E-state index contributed by atoms with van der Waals surface area (Å²) < 4.78 is 50.1. The van der Waals surface area contributed by atoms with E-state index in [1.807, 2.05) is 0 Å². The van der Waals surface area contributed by atoms with E-state index >= 15 is 0 Å². The highest BCUT2D eigenvalue weighted by atomic mass is 32.2. The smallest absolute Gasteiger partial charge is 0.344 e. The zero-order chi connectivity index (χ0) is 31.8. The molecule has 0 saturated carbocycles. The van der Waals surface area contributed by atoms with Crippen LogP contribution in [0.15, 0.2) is 35.2 Å². The molecular formula is C30H23NO13S. The number of carbonyl (C=O) groups is 4. The van der Waals surface area contributed by atoms with Crippen molar-refractivity contribution in [3.05, 3.63) is 51.9 Å². The molecule has 14 nitrogen and oxygen atoms in total. The number of esters is 2. The number of amides is 2. The van der Waals surface area contributed by atoms with Crippen molar-refractivity contribution in [1.29, 1.82) is 0 Å². The van der Waals surface area contributed by atoms with Gasteiger partial charge < -0.3 is 42.6 Å². The van der Waals surface area contributed by atoms with Crippen LogP contribution < -0.4 is 43.2 Å². The van der Waals surface area contributed by atoms with Gasteiger partial charge in [-0.3, -0.25) is 14.9 Å². The summed E-state index contributed by atoms with van der Waals surface area (Å²) >= 11 is 0.764. The van der Waals surface area contributed by atoms with Crippen LogP contribution in [0.4, 0.5) is 4.79 Å². The van der Waals surface area contributed by atoms with Gasteiger partial charge in [0.15, 0.2) is 34.5 Å². The Morgan fingerprint density at radius 3 is 1.80 bits per heavy atom. The Morgan fingerprint density at radius 1 is 0.733 bits per heavy atom. The monoisotopic (exact) mass is 637 g/mol. The maximum atomic E-state index is 14.0. The van der Waals surface area contributed by atoms with E-state index in [9.17, 15) is 19.2 Å². The van der Waals surface area contributed by atoms with Crippen molar-refractivity contribution in [1.82, 2.24) is 5.32 Å². The highest BCUT2D eigenvalue weighted by molar-refractivity contribution is 8.18. The first-order valence-electron chi connectivity index (χ1n) is 13.0. The molecule has 0 atom stereocenters. The molecule has 1 fully saturated rings. The Hall–Kier alpha value is -5.57. The lowest BCUT2D eigenvalue weighted by Crippen LogP contribution is -2.17. The van der Waals surface area contributed by atoms with E-state index in [2.05, 4.69) is 5.32 Å². The molecule has 0 spiro atoms. The summed E-state index contributed by atoms with van der Waals surface area (Å²) in [5.74, 6) is -1.04. The number of nitrogens with one attached hydrogen (secondary N) is 1. The highest BCUT2D eigenvalue weighted by Crippen LogP contribution is 2.57. The number of rotatable bonds is 8. The van der Waals surface area contributed by atoms with E-state index in [4.69, 9.17) is 42.6 Å². The van der Waals surface area contributed by atoms with Crippen LogP contribution in [0.3, 0.4) is 0 Å². The summed E-state index contributed by atoms with van der Waals surface area (Å²) in [7, 11) is 5.37. The second kappa shape index (κ2) is 11.8. The largest absolute Gasteiger partial charge is 0.493 e. The van der Waals surface area contributed by atoms with Gasteiger partial charge in [0.05, 0.1) is 44.5 Å². The molecule has 0 unspecified atom stereocenters.